The van der Waals surface area contributed by atoms with Gasteiger partial charge in [0.25, 0.3) is 0 Å². The molecule has 0 aliphatic carbocycles. The largest absolute Gasteiger partial charge is 0.341 e. The third kappa shape index (κ3) is 2.98. The van der Waals surface area contributed by atoms with Crippen LogP contribution < -0.4 is 5.32 Å². The van der Waals surface area contributed by atoms with Gasteiger partial charge in [0, 0.05) is 28.5 Å². The van der Waals surface area contributed by atoms with Crippen LogP contribution in [0.4, 0.5) is 0 Å². The van der Waals surface area contributed by atoms with E-state index in [4.69, 9.17) is 11.6 Å². The molecule has 0 fully saturated rings. The zero-order valence-corrected chi connectivity index (χ0v) is 13.8. The predicted octanol–water partition coefficient (Wildman–Crippen LogP) is 4.08. The topological polar surface area (TPSA) is 29.9 Å². The smallest absolute Gasteiger partial charge is 0.0926 e. The highest BCUT2D eigenvalue weighted by molar-refractivity contribution is 7.09. The number of halogens is 1. The molecule has 0 aliphatic heterocycles. The summed E-state index contributed by atoms with van der Waals surface area (Å²) in [6.45, 7) is 3.78. The van der Waals surface area contributed by atoms with Crippen molar-refractivity contribution in [2.75, 3.05) is 7.05 Å². The van der Waals surface area contributed by atoms with Crippen molar-refractivity contribution in [3.8, 4) is 0 Å². The average molecular weight is 320 g/mol. The van der Waals surface area contributed by atoms with E-state index in [0.717, 1.165) is 30.2 Å². The summed E-state index contributed by atoms with van der Waals surface area (Å²) in [4.78, 5) is 4.66. The molecule has 21 heavy (non-hydrogen) atoms. The second-order valence-corrected chi connectivity index (χ2v) is 6.44. The van der Waals surface area contributed by atoms with Crippen LogP contribution >= 0.6 is 22.9 Å². The fourth-order valence-corrected chi connectivity index (χ4v) is 3.46. The fourth-order valence-electron chi connectivity index (χ4n) is 2.56. The minimum atomic E-state index is 0.769. The first-order valence-corrected chi connectivity index (χ1v) is 8.32. The number of nitrogens with one attached hydrogen (secondary N) is 1. The molecular weight excluding hydrogens is 302 g/mol. The molecule has 3 aromatic rings. The van der Waals surface area contributed by atoms with E-state index in [1.165, 1.54) is 21.5 Å². The van der Waals surface area contributed by atoms with E-state index in [9.17, 15) is 0 Å². The Hall–Kier alpha value is -1.36. The normalized spacial score (nSPS) is 11.4. The summed E-state index contributed by atoms with van der Waals surface area (Å²) < 4.78 is 2.24. The Morgan fingerprint density at radius 1 is 1.38 bits per heavy atom. The maximum Gasteiger partial charge on any atom is 0.0926 e. The van der Waals surface area contributed by atoms with Gasteiger partial charge in [-0.25, -0.2) is 4.98 Å². The Morgan fingerprint density at radius 3 is 2.95 bits per heavy atom. The maximum atomic E-state index is 6.16. The van der Waals surface area contributed by atoms with Gasteiger partial charge in [0.2, 0.25) is 0 Å². The van der Waals surface area contributed by atoms with Crippen LogP contribution in [-0.4, -0.2) is 16.6 Å². The lowest BCUT2D eigenvalue weighted by molar-refractivity contribution is 0.783. The van der Waals surface area contributed by atoms with Gasteiger partial charge in [-0.05, 0) is 31.2 Å². The van der Waals surface area contributed by atoms with Gasteiger partial charge < -0.3 is 9.88 Å². The van der Waals surface area contributed by atoms with Crippen LogP contribution in [0.2, 0.25) is 5.02 Å². The first-order valence-electron chi connectivity index (χ1n) is 7.06. The molecule has 1 N–H and O–H groups in total. The zero-order chi connectivity index (χ0) is 14.8. The number of benzene rings is 1. The Bertz CT molecular complexity index is 760. The van der Waals surface area contributed by atoms with Gasteiger partial charge in [0.1, 0.15) is 0 Å². The summed E-state index contributed by atoms with van der Waals surface area (Å²) >= 11 is 7.90. The molecule has 3 nitrogen and oxygen atoms in total. The second-order valence-electron chi connectivity index (χ2n) is 5.06. The number of fused-ring (bicyclic) bond motifs is 1. The van der Waals surface area contributed by atoms with Gasteiger partial charge in [-0.2, -0.15) is 0 Å². The first kappa shape index (κ1) is 14.6. The highest BCUT2D eigenvalue weighted by Gasteiger charge is 2.10. The fraction of sp³-hybridized carbons (Fsp3) is 0.312. The number of hydrogen-bond donors (Lipinski definition) is 1. The van der Waals surface area contributed by atoms with Gasteiger partial charge in [-0.3, -0.25) is 0 Å². The number of aromatic nitrogens is 2. The molecule has 0 bridgehead atoms. The number of hydrogen-bond acceptors (Lipinski definition) is 3. The summed E-state index contributed by atoms with van der Waals surface area (Å²) in [5, 5.41) is 8.58. The quantitative estimate of drug-likeness (QED) is 0.768. The molecule has 0 amide bonds. The molecule has 0 saturated heterocycles. The van der Waals surface area contributed by atoms with Crippen molar-refractivity contribution in [1.82, 2.24) is 14.9 Å². The standard InChI is InChI=1S/C16H18ClN3S/c1-3-16-19-13(10-21-16)9-20-8-11(7-18-2)14-5-4-12(17)6-15(14)20/h4-6,8,10,18H,3,7,9H2,1-2H3. The molecule has 5 heteroatoms. The van der Waals surface area contributed by atoms with E-state index in [1.54, 1.807) is 11.3 Å². The van der Waals surface area contributed by atoms with Gasteiger partial charge in [0.15, 0.2) is 0 Å². The molecule has 0 aliphatic rings. The third-order valence-electron chi connectivity index (χ3n) is 3.53. The van der Waals surface area contributed by atoms with E-state index in [2.05, 4.69) is 39.4 Å². The van der Waals surface area contributed by atoms with Gasteiger partial charge in [0.05, 0.1) is 22.8 Å². The van der Waals surface area contributed by atoms with Crippen LogP contribution in [0.3, 0.4) is 0 Å². The van der Waals surface area contributed by atoms with Crippen LogP contribution in [0.5, 0.6) is 0 Å². The molecular formula is C16H18ClN3S. The summed E-state index contributed by atoms with van der Waals surface area (Å²) in [6.07, 6.45) is 3.19. The SMILES string of the molecule is CCc1nc(Cn2cc(CNC)c3ccc(Cl)cc32)cs1. The predicted molar refractivity (Wildman–Crippen MR) is 90.3 cm³/mol. The minimum absolute atomic E-state index is 0.769. The Balaban J connectivity index is 2.02. The van der Waals surface area contributed by atoms with E-state index in [1.807, 2.05) is 19.2 Å². The van der Waals surface area contributed by atoms with Crippen molar-refractivity contribution in [2.45, 2.75) is 26.4 Å². The van der Waals surface area contributed by atoms with Crippen LogP contribution in [0.1, 0.15) is 23.2 Å². The molecule has 3 rings (SSSR count). The first-order chi connectivity index (χ1) is 10.2. The van der Waals surface area contributed by atoms with Crippen molar-refractivity contribution in [2.24, 2.45) is 0 Å². The van der Waals surface area contributed by atoms with Crippen molar-refractivity contribution in [1.29, 1.82) is 0 Å². The molecule has 0 unspecified atom stereocenters. The summed E-state index contributed by atoms with van der Waals surface area (Å²) in [7, 11) is 1.97. The molecule has 2 heterocycles. The average Bonchev–Trinajstić information content (AvgIpc) is 3.05. The molecule has 0 atom stereocenters. The zero-order valence-electron chi connectivity index (χ0n) is 12.2. The van der Waals surface area contributed by atoms with Crippen molar-refractivity contribution in [3.63, 3.8) is 0 Å². The molecule has 0 radical (unpaired) electrons. The number of thiazole rings is 1. The van der Waals surface area contributed by atoms with Gasteiger partial charge in [-0.1, -0.05) is 24.6 Å². The second kappa shape index (κ2) is 6.18. The lowest BCUT2D eigenvalue weighted by Crippen LogP contribution is -2.04. The van der Waals surface area contributed by atoms with Gasteiger partial charge >= 0.3 is 0 Å². The molecule has 0 saturated carbocycles. The monoisotopic (exact) mass is 319 g/mol. The minimum Gasteiger partial charge on any atom is -0.341 e. The third-order valence-corrected chi connectivity index (χ3v) is 4.81. The molecule has 2 aromatic heterocycles. The van der Waals surface area contributed by atoms with Crippen molar-refractivity contribution < 1.29 is 0 Å². The number of aryl methyl sites for hydroxylation is 1. The van der Waals surface area contributed by atoms with Crippen LogP contribution in [0.15, 0.2) is 29.8 Å². The number of rotatable bonds is 5. The number of nitrogens with zero attached hydrogens (tertiary/aromatic N) is 2. The highest BCUT2D eigenvalue weighted by Crippen LogP contribution is 2.26. The van der Waals surface area contributed by atoms with E-state index in [-0.39, 0.29) is 0 Å². The summed E-state index contributed by atoms with van der Waals surface area (Å²) in [6, 6.07) is 6.08. The van der Waals surface area contributed by atoms with Crippen LogP contribution in [-0.2, 0) is 19.5 Å². The van der Waals surface area contributed by atoms with E-state index < -0.39 is 0 Å². The highest BCUT2D eigenvalue weighted by atomic mass is 35.5. The van der Waals surface area contributed by atoms with Gasteiger partial charge in [-0.15, -0.1) is 11.3 Å². The van der Waals surface area contributed by atoms with Crippen molar-refractivity contribution in [3.05, 3.63) is 51.1 Å². The molecule has 0 spiro atoms. The maximum absolute atomic E-state index is 6.16. The lowest BCUT2D eigenvalue weighted by Gasteiger charge is -2.03. The van der Waals surface area contributed by atoms with Crippen molar-refractivity contribution >= 4 is 33.8 Å². The Morgan fingerprint density at radius 2 is 2.24 bits per heavy atom. The summed E-state index contributed by atoms with van der Waals surface area (Å²) in [5.74, 6) is 0. The summed E-state index contributed by atoms with van der Waals surface area (Å²) in [5.41, 5.74) is 3.57. The lowest BCUT2D eigenvalue weighted by atomic mass is 10.2. The van der Waals surface area contributed by atoms with Crippen LogP contribution in [0, 0.1) is 0 Å². The molecule has 110 valence electrons. The van der Waals surface area contributed by atoms with E-state index in [0.29, 0.717) is 0 Å². The van der Waals surface area contributed by atoms with Crippen LogP contribution in [0.25, 0.3) is 10.9 Å². The Kier molecular flexibility index (Phi) is 4.29. The Labute approximate surface area is 133 Å². The van der Waals surface area contributed by atoms with E-state index >= 15 is 0 Å². The molecule has 1 aromatic carbocycles.